The molecule has 2 aromatic carbocycles. The lowest BCUT2D eigenvalue weighted by atomic mass is 10.1. The van der Waals surface area contributed by atoms with Crippen molar-refractivity contribution in [2.45, 2.75) is 30.8 Å². The van der Waals surface area contributed by atoms with Crippen LogP contribution in [-0.4, -0.2) is 50.0 Å². The van der Waals surface area contributed by atoms with Crippen LogP contribution in [0.15, 0.2) is 53.7 Å². The molecule has 0 radical (unpaired) electrons. The summed E-state index contributed by atoms with van der Waals surface area (Å²) in [5, 5.41) is 9.71. The van der Waals surface area contributed by atoms with Gasteiger partial charge in [-0.25, -0.2) is 14.2 Å². The highest BCUT2D eigenvalue weighted by Crippen LogP contribution is 2.29. The molecule has 1 aliphatic rings. The number of rotatable bonds is 7. The minimum atomic E-state index is -1.00. The molecule has 1 atom stereocenters. The second kappa shape index (κ2) is 8.74. The fraction of sp³-hybridized carbons (Fsp3) is 0.286. The van der Waals surface area contributed by atoms with Crippen LogP contribution < -0.4 is 0 Å². The molecule has 1 aromatic heterocycles. The van der Waals surface area contributed by atoms with Gasteiger partial charge in [0.05, 0.1) is 11.0 Å². The number of amides is 1. The Bertz CT molecular complexity index is 1070. The standard InChI is InChI=1S/C21H20FN3O4S/c22-15-6-7-18-17(10-15)23-20(25(18)11-19(26)27)30-13-16-8-9-24(16)21(28)29-12-14-4-2-1-3-5-14/h1-7,10,16H,8-9,11-13H2,(H,26,27)/t16-/m0/s1. The third-order valence-electron chi connectivity index (χ3n) is 4.96. The molecule has 0 bridgehead atoms. The van der Waals surface area contributed by atoms with Crippen LogP contribution in [0.4, 0.5) is 9.18 Å². The van der Waals surface area contributed by atoms with E-state index in [0.717, 1.165) is 12.0 Å². The smallest absolute Gasteiger partial charge is 0.410 e. The van der Waals surface area contributed by atoms with Gasteiger partial charge in [-0.2, -0.15) is 0 Å². The van der Waals surface area contributed by atoms with Crippen LogP contribution in [0.1, 0.15) is 12.0 Å². The lowest BCUT2D eigenvalue weighted by molar-refractivity contribution is -0.137. The van der Waals surface area contributed by atoms with E-state index in [1.807, 2.05) is 30.3 Å². The van der Waals surface area contributed by atoms with E-state index >= 15 is 0 Å². The maximum atomic E-state index is 13.5. The van der Waals surface area contributed by atoms with Gasteiger partial charge in [-0.3, -0.25) is 4.79 Å². The Morgan fingerprint density at radius 1 is 1.23 bits per heavy atom. The van der Waals surface area contributed by atoms with Gasteiger partial charge < -0.3 is 19.3 Å². The van der Waals surface area contributed by atoms with Crippen LogP contribution in [0.2, 0.25) is 0 Å². The third-order valence-corrected chi connectivity index (χ3v) is 6.08. The Morgan fingerprint density at radius 3 is 2.73 bits per heavy atom. The van der Waals surface area contributed by atoms with Gasteiger partial charge in [0.1, 0.15) is 19.0 Å². The van der Waals surface area contributed by atoms with Crippen molar-refractivity contribution < 1.29 is 23.8 Å². The zero-order valence-corrected chi connectivity index (χ0v) is 16.8. The number of carbonyl (C=O) groups is 2. The quantitative estimate of drug-likeness (QED) is 0.576. The molecule has 1 amide bonds. The van der Waals surface area contributed by atoms with Crippen LogP contribution >= 0.6 is 11.8 Å². The summed E-state index contributed by atoms with van der Waals surface area (Å²) in [6, 6.07) is 13.6. The molecule has 0 aliphatic carbocycles. The van der Waals surface area contributed by atoms with E-state index in [0.29, 0.717) is 28.5 Å². The molecule has 2 heterocycles. The van der Waals surface area contributed by atoms with Crippen LogP contribution in [0, 0.1) is 5.82 Å². The highest BCUT2D eigenvalue weighted by molar-refractivity contribution is 7.99. The average molecular weight is 429 g/mol. The number of benzene rings is 2. The molecule has 0 spiro atoms. The molecule has 1 aliphatic heterocycles. The molecular formula is C21H20FN3O4S. The minimum Gasteiger partial charge on any atom is -0.480 e. The predicted octanol–water partition coefficient (Wildman–Crippen LogP) is 3.76. The summed E-state index contributed by atoms with van der Waals surface area (Å²) in [6.07, 6.45) is 0.470. The number of likely N-dealkylation sites (tertiary alicyclic amines) is 1. The number of imidazole rings is 1. The summed E-state index contributed by atoms with van der Waals surface area (Å²) in [4.78, 5) is 29.7. The molecule has 1 fully saturated rings. The number of nitrogens with zero attached hydrogens (tertiary/aromatic N) is 3. The highest BCUT2D eigenvalue weighted by atomic mass is 32.2. The molecule has 7 nitrogen and oxygen atoms in total. The lowest BCUT2D eigenvalue weighted by Crippen LogP contribution is -2.52. The molecule has 4 rings (SSSR count). The summed E-state index contributed by atoms with van der Waals surface area (Å²) < 4.78 is 20.5. The van der Waals surface area contributed by atoms with Crippen molar-refractivity contribution in [3.05, 3.63) is 59.9 Å². The van der Waals surface area contributed by atoms with Crippen LogP contribution in [0.3, 0.4) is 0 Å². The van der Waals surface area contributed by atoms with Gasteiger partial charge in [0.15, 0.2) is 5.16 Å². The SMILES string of the molecule is O=C(O)Cn1c(SC[C@@H]2CCN2C(=O)OCc2ccccc2)nc2cc(F)ccc21. The first kappa shape index (κ1) is 20.2. The van der Waals surface area contributed by atoms with E-state index in [4.69, 9.17) is 4.74 Å². The first-order chi connectivity index (χ1) is 14.5. The predicted molar refractivity (Wildman–Crippen MR) is 110 cm³/mol. The van der Waals surface area contributed by atoms with E-state index < -0.39 is 11.8 Å². The third kappa shape index (κ3) is 4.40. The Kier molecular flexibility index (Phi) is 5.89. The number of aliphatic carboxylic acids is 1. The Balaban J connectivity index is 1.40. The summed E-state index contributed by atoms with van der Waals surface area (Å²) >= 11 is 1.36. The van der Waals surface area contributed by atoms with Gasteiger partial charge in [-0.15, -0.1) is 0 Å². The Labute approximate surface area is 176 Å². The van der Waals surface area contributed by atoms with Gasteiger partial charge >= 0.3 is 12.1 Å². The van der Waals surface area contributed by atoms with E-state index in [-0.39, 0.29) is 25.3 Å². The van der Waals surface area contributed by atoms with Crippen LogP contribution in [-0.2, 0) is 22.7 Å². The number of thioether (sulfide) groups is 1. The molecule has 30 heavy (non-hydrogen) atoms. The van der Waals surface area contributed by atoms with Gasteiger partial charge in [-0.1, -0.05) is 42.1 Å². The molecule has 0 unspecified atom stereocenters. The van der Waals surface area contributed by atoms with E-state index in [9.17, 15) is 19.1 Å². The normalized spacial score (nSPS) is 15.8. The monoisotopic (exact) mass is 429 g/mol. The number of hydrogen-bond acceptors (Lipinski definition) is 5. The largest absolute Gasteiger partial charge is 0.480 e. The molecule has 156 valence electrons. The molecule has 1 saturated heterocycles. The highest BCUT2D eigenvalue weighted by Gasteiger charge is 2.33. The molecule has 1 N–H and O–H groups in total. The molecule has 9 heteroatoms. The number of hydrogen-bond donors (Lipinski definition) is 1. The summed E-state index contributed by atoms with van der Waals surface area (Å²) in [6.45, 7) is 0.573. The van der Waals surface area contributed by atoms with Crippen molar-refractivity contribution in [1.82, 2.24) is 14.5 Å². The molecular weight excluding hydrogens is 409 g/mol. The van der Waals surface area contributed by atoms with Crippen molar-refractivity contribution >= 4 is 34.9 Å². The van der Waals surface area contributed by atoms with Crippen molar-refractivity contribution in [2.75, 3.05) is 12.3 Å². The molecule has 3 aromatic rings. The van der Waals surface area contributed by atoms with E-state index in [1.165, 1.54) is 30.0 Å². The first-order valence-electron chi connectivity index (χ1n) is 9.49. The summed E-state index contributed by atoms with van der Waals surface area (Å²) in [5.41, 5.74) is 1.90. The van der Waals surface area contributed by atoms with Gasteiger partial charge in [0.25, 0.3) is 0 Å². The van der Waals surface area contributed by atoms with Gasteiger partial charge in [0.2, 0.25) is 0 Å². The number of halogens is 1. The van der Waals surface area contributed by atoms with Crippen LogP contribution in [0.25, 0.3) is 11.0 Å². The van der Waals surface area contributed by atoms with Crippen LogP contribution in [0.5, 0.6) is 0 Å². The average Bonchev–Trinajstić information content (AvgIpc) is 3.02. The second-order valence-corrected chi connectivity index (χ2v) is 7.98. The lowest BCUT2D eigenvalue weighted by Gasteiger charge is -2.39. The topological polar surface area (TPSA) is 84.7 Å². The number of aromatic nitrogens is 2. The number of carbonyl (C=O) groups excluding carboxylic acids is 1. The van der Waals surface area contributed by atoms with Gasteiger partial charge in [0, 0.05) is 24.4 Å². The van der Waals surface area contributed by atoms with Crippen molar-refractivity contribution in [2.24, 2.45) is 0 Å². The fourth-order valence-corrected chi connectivity index (χ4v) is 4.48. The zero-order valence-electron chi connectivity index (χ0n) is 16.0. The molecule has 0 saturated carbocycles. The Hall–Kier alpha value is -3.07. The van der Waals surface area contributed by atoms with Gasteiger partial charge in [-0.05, 0) is 24.1 Å². The summed E-state index contributed by atoms with van der Waals surface area (Å²) in [7, 11) is 0. The summed E-state index contributed by atoms with van der Waals surface area (Å²) in [5.74, 6) is -0.883. The van der Waals surface area contributed by atoms with E-state index in [1.54, 1.807) is 9.47 Å². The fourth-order valence-electron chi connectivity index (χ4n) is 3.31. The maximum Gasteiger partial charge on any atom is 0.410 e. The first-order valence-corrected chi connectivity index (χ1v) is 10.5. The Morgan fingerprint density at radius 2 is 2.03 bits per heavy atom. The number of fused-ring (bicyclic) bond motifs is 1. The number of ether oxygens (including phenoxy) is 1. The maximum absolute atomic E-state index is 13.5. The van der Waals surface area contributed by atoms with Crippen molar-refractivity contribution in [1.29, 1.82) is 0 Å². The van der Waals surface area contributed by atoms with Crippen molar-refractivity contribution in [3.8, 4) is 0 Å². The zero-order chi connectivity index (χ0) is 21.1. The number of carboxylic acid groups (broad SMARTS) is 1. The minimum absolute atomic E-state index is 0.0203. The second-order valence-electron chi connectivity index (χ2n) is 6.99. The number of carboxylic acids is 1. The van der Waals surface area contributed by atoms with E-state index in [2.05, 4.69) is 4.98 Å². The van der Waals surface area contributed by atoms with Crippen molar-refractivity contribution in [3.63, 3.8) is 0 Å².